The van der Waals surface area contributed by atoms with Crippen molar-refractivity contribution in [3.63, 3.8) is 0 Å². The summed E-state index contributed by atoms with van der Waals surface area (Å²) >= 11 is 0. The quantitative estimate of drug-likeness (QED) is 0.599. The number of nitrogens with two attached hydrogens (primary N) is 2. The average molecular weight is 302 g/mol. The molecule has 7 heteroatoms. The van der Waals surface area contributed by atoms with Gasteiger partial charge in [-0.1, -0.05) is 36.4 Å². The van der Waals surface area contributed by atoms with Gasteiger partial charge in [0.15, 0.2) is 0 Å². The van der Waals surface area contributed by atoms with Crippen molar-refractivity contribution >= 4 is 12.0 Å². The summed E-state index contributed by atoms with van der Waals surface area (Å²) in [5.74, 6) is -0.711. The minimum absolute atomic E-state index is 0.289. The van der Waals surface area contributed by atoms with E-state index in [2.05, 4.69) is 32.9 Å². The second-order valence-electron chi connectivity index (χ2n) is 5.45. The molecule has 1 aromatic rings. The summed E-state index contributed by atoms with van der Waals surface area (Å²) in [6, 6.07) is 7.94. The predicted octanol–water partition coefficient (Wildman–Crippen LogP) is -0.476. The number of benzene rings is 1. The fourth-order valence-electron chi connectivity index (χ4n) is 2.51. The molecule has 1 saturated heterocycles. The molecular formula is C15H22N6O. The van der Waals surface area contributed by atoms with Crippen LogP contribution >= 0.6 is 0 Å². The van der Waals surface area contributed by atoms with Crippen molar-refractivity contribution in [3.8, 4) is 0 Å². The van der Waals surface area contributed by atoms with Crippen molar-refractivity contribution < 1.29 is 4.74 Å². The molecule has 0 saturated carbocycles. The molecule has 3 rings (SSSR count). The van der Waals surface area contributed by atoms with Crippen LogP contribution in [0.4, 0.5) is 0 Å². The molecule has 0 aliphatic carbocycles. The van der Waals surface area contributed by atoms with Gasteiger partial charge >= 0.3 is 0 Å². The third kappa shape index (κ3) is 3.45. The summed E-state index contributed by atoms with van der Waals surface area (Å²) in [6.07, 6.45) is 4.28. The molecule has 0 aromatic heterocycles. The monoisotopic (exact) mass is 302 g/mol. The molecule has 1 fully saturated rings. The van der Waals surface area contributed by atoms with Gasteiger partial charge in [-0.15, -0.1) is 0 Å². The molecule has 0 radical (unpaired) electrons. The lowest BCUT2D eigenvalue weighted by atomic mass is 10.1. The van der Waals surface area contributed by atoms with Gasteiger partial charge in [-0.3, -0.25) is 16.1 Å². The van der Waals surface area contributed by atoms with Crippen molar-refractivity contribution in [1.82, 2.24) is 15.8 Å². The fraction of sp³-hybridized carbons (Fsp3) is 0.400. The van der Waals surface area contributed by atoms with E-state index in [0.29, 0.717) is 0 Å². The zero-order valence-electron chi connectivity index (χ0n) is 12.5. The summed E-state index contributed by atoms with van der Waals surface area (Å²) in [5, 5.41) is 0. The van der Waals surface area contributed by atoms with Gasteiger partial charge in [0.25, 0.3) is 0 Å². The van der Waals surface area contributed by atoms with E-state index in [4.69, 9.17) is 16.2 Å². The number of hydrogen-bond donors (Lipinski definition) is 4. The van der Waals surface area contributed by atoms with Crippen molar-refractivity contribution in [2.24, 2.45) is 16.5 Å². The molecule has 22 heavy (non-hydrogen) atoms. The number of rotatable bonds is 4. The van der Waals surface area contributed by atoms with E-state index in [1.54, 1.807) is 0 Å². The van der Waals surface area contributed by atoms with Gasteiger partial charge < -0.3 is 10.5 Å². The Morgan fingerprint density at radius 3 is 2.64 bits per heavy atom. The molecule has 2 aliphatic heterocycles. The van der Waals surface area contributed by atoms with E-state index in [0.717, 1.165) is 44.0 Å². The fourth-order valence-corrected chi connectivity index (χ4v) is 2.51. The number of morpholine rings is 1. The molecular weight excluding hydrogens is 280 g/mol. The second kappa shape index (κ2) is 6.45. The van der Waals surface area contributed by atoms with Crippen molar-refractivity contribution in [1.29, 1.82) is 0 Å². The third-order valence-corrected chi connectivity index (χ3v) is 3.81. The van der Waals surface area contributed by atoms with Gasteiger partial charge in [0, 0.05) is 25.2 Å². The molecule has 7 nitrogen and oxygen atoms in total. The number of aliphatic imine (C=N–C) groups is 1. The molecule has 0 amide bonds. The predicted molar refractivity (Wildman–Crippen MR) is 86.5 cm³/mol. The topological polar surface area (TPSA) is 101 Å². The van der Waals surface area contributed by atoms with Crippen LogP contribution in [0.5, 0.6) is 0 Å². The Balaban J connectivity index is 1.59. The first-order chi connectivity index (χ1) is 10.7. The van der Waals surface area contributed by atoms with Crippen LogP contribution in [0.15, 0.2) is 35.3 Å². The summed E-state index contributed by atoms with van der Waals surface area (Å²) in [6.45, 7) is 4.59. The van der Waals surface area contributed by atoms with Crippen molar-refractivity contribution in [2.45, 2.75) is 5.79 Å². The summed E-state index contributed by atoms with van der Waals surface area (Å²) < 4.78 is 5.34. The van der Waals surface area contributed by atoms with Gasteiger partial charge in [0.2, 0.25) is 11.7 Å². The highest BCUT2D eigenvalue weighted by Crippen LogP contribution is 2.19. The molecule has 1 aromatic carbocycles. The molecule has 2 aliphatic rings. The van der Waals surface area contributed by atoms with Crippen LogP contribution in [0.1, 0.15) is 11.1 Å². The van der Waals surface area contributed by atoms with E-state index in [-0.39, 0.29) is 5.96 Å². The lowest BCUT2D eigenvalue weighted by Gasteiger charge is -2.25. The maximum atomic E-state index is 6.14. The van der Waals surface area contributed by atoms with E-state index in [9.17, 15) is 0 Å². The first kappa shape index (κ1) is 15.0. The third-order valence-electron chi connectivity index (χ3n) is 3.81. The molecule has 0 spiro atoms. The van der Waals surface area contributed by atoms with Crippen molar-refractivity contribution in [2.75, 3.05) is 32.8 Å². The number of nitrogens with one attached hydrogen (secondary N) is 2. The van der Waals surface area contributed by atoms with Crippen molar-refractivity contribution in [3.05, 3.63) is 41.5 Å². The Kier molecular flexibility index (Phi) is 4.39. The largest absolute Gasteiger partial charge is 0.379 e. The molecule has 1 atom stereocenters. The van der Waals surface area contributed by atoms with Gasteiger partial charge in [0.1, 0.15) is 0 Å². The van der Waals surface area contributed by atoms with Crippen LogP contribution in [-0.2, 0) is 10.5 Å². The van der Waals surface area contributed by atoms with E-state index in [1.165, 1.54) is 0 Å². The highest BCUT2D eigenvalue weighted by molar-refractivity contribution is 5.79. The number of nitrogens with zero attached hydrogens (tertiary/aromatic N) is 2. The van der Waals surface area contributed by atoms with Gasteiger partial charge in [0.05, 0.1) is 13.2 Å². The maximum absolute atomic E-state index is 6.14. The van der Waals surface area contributed by atoms with Crippen LogP contribution in [0, 0.1) is 0 Å². The van der Waals surface area contributed by atoms with Crippen LogP contribution in [-0.4, -0.2) is 43.7 Å². The number of hydrogen-bond acceptors (Lipinski definition) is 7. The Morgan fingerprint density at radius 2 is 2.00 bits per heavy atom. The van der Waals surface area contributed by atoms with Gasteiger partial charge in [-0.25, -0.2) is 4.99 Å². The molecule has 6 N–H and O–H groups in total. The minimum Gasteiger partial charge on any atom is -0.379 e. The van der Waals surface area contributed by atoms with Crippen LogP contribution in [0.25, 0.3) is 6.08 Å². The molecule has 1 unspecified atom stereocenters. The first-order valence-corrected chi connectivity index (χ1v) is 7.40. The molecule has 2 heterocycles. The smallest absolute Gasteiger partial charge is 0.209 e. The minimum atomic E-state index is -1.000. The van der Waals surface area contributed by atoms with Crippen LogP contribution in [0.2, 0.25) is 0 Å². The standard InChI is InChI=1S/C15H22N6O/c16-14-18-15(17,20-19-14)13-5-3-12(4-6-13)2-1-7-21-8-10-22-11-9-21/h1-6,20H,7-11,17H2,(H3,16,18,19). The number of hydrazine groups is 1. The Morgan fingerprint density at radius 1 is 1.27 bits per heavy atom. The summed E-state index contributed by atoms with van der Waals surface area (Å²) in [5.41, 5.74) is 19.3. The Hall–Kier alpha value is -1.93. The van der Waals surface area contributed by atoms with Gasteiger partial charge in [-0.05, 0) is 5.56 Å². The lowest BCUT2D eigenvalue weighted by molar-refractivity contribution is 0.0435. The molecule has 118 valence electrons. The Labute approximate surface area is 130 Å². The zero-order valence-corrected chi connectivity index (χ0v) is 12.5. The average Bonchev–Trinajstić information content (AvgIpc) is 2.89. The number of guanidine groups is 1. The SMILES string of the molecule is NC1=NC(N)(c2ccc(C=CCN3CCOCC3)cc2)NN1. The first-order valence-electron chi connectivity index (χ1n) is 7.40. The van der Waals surface area contributed by atoms with Crippen LogP contribution < -0.4 is 22.3 Å². The normalized spacial score (nSPS) is 26.1. The van der Waals surface area contributed by atoms with E-state index >= 15 is 0 Å². The highest BCUT2D eigenvalue weighted by atomic mass is 16.5. The Bertz CT molecular complexity index is 564. The molecule has 0 bridgehead atoms. The summed E-state index contributed by atoms with van der Waals surface area (Å²) in [4.78, 5) is 6.53. The summed E-state index contributed by atoms with van der Waals surface area (Å²) in [7, 11) is 0. The highest BCUT2D eigenvalue weighted by Gasteiger charge is 2.31. The number of ether oxygens (including phenoxy) is 1. The maximum Gasteiger partial charge on any atom is 0.209 e. The zero-order chi connectivity index (χ0) is 15.4. The van der Waals surface area contributed by atoms with E-state index in [1.807, 2.05) is 24.3 Å². The van der Waals surface area contributed by atoms with E-state index < -0.39 is 5.79 Å². The van der Waals surface area contributed by atoms with Gasteiger partial charge in [-0.2, -0.15) is 5.43 Å². The van der Waals surface area contributed by atoms with Crippen LogP contribution in [0.3, 0.4) is 0 Å². The second-order valence-corrected chi connectivity index (χ2v) is 5.45. The lowest BCUT2D eigenvalue weighted by Crippen LogP contribution is -2.50.